The van der Waals surface area contributed by atoms with Crippen LogP contribution in [0.2, 0.25) is 0 Å². The van der Waals surface area contributed by atoms with E-state index < -0.39 is 0 Å². The molecule has 0 radical (unpaired) electrons. The number of benzene rings is 20. The SMILES string of the molecule is N#Cc1ccc(-c2ccc(-c3ccc4c5c(cccc35)-c3c-4c(-c4ccc(-c5ccccc5)cc4)c4ccccc4c3-c3ccc(-c4ccccc4)cc3)cc2)cc1.N#Cc1ccc(-c2cccc(-c3ccc4c5c(cccc35)-c3c-4c(-c4ccc(-c5ccccc5)cc4)c4ccccc4c3-c3ccc(-c4ccccc4)cc3)c2)cc1. The van der Waals surface area contributed by atoms with E-state index in [1.807, 2.05) is 48.5 Å². The van der Waals surface area contributed by atoms with Crippen molar-refractivity contribution < 1.29 is 0 Å². The minimum Gasteiger partial charge on any atom is -0.192 e. The molecule has 0 unspecified atom stereocenters. The molecule has 0 saturated heterocycles. The molecule has 0 aliphatic heterocycles. The first-order valence-corrected chi connectivity index (χ1v) is 39.6. The quantitative estimate of drug-likeness (QED) is 0.122. The van der Waals surface area contributed by atoms with E-state index in [4.69, 9.17) is 0 Å². The van der Waals surface area contributed by atoms with E-state index in [1.165, 1.54) is 199 Å². The Morgan fingerprint density at radius 3 is 0.647 bits per heavy atom. The Morgan fingerprint density at radius 2 is 0.336 bits per heavy atom. The van der Waals surface area contributed by atoms with Gasteiger partial charge in [-0.3, -0.25) is 0 Å². The van der Waals surface area contributed by atoms with E-state index in [2.05, 4.69) is 388 Å². The summed E-state index contributed by atoms with van der Waals surface area (Å²) in [6, 6.07) is 158. The molecule has 116 heavy (non-hydrogen) atoms. The standard InChI is InChI=1S/2C57H35N/c58-36-37-21-23-42(24-22-37)45-15-9-16-46(35-45)47-33-34-52-55-48(47)19-10-20-51(55)56-53(43-29-25-40(26-30-43)38-11-3-1-4-12-38)49-17-7-8-18-50(49)54(57(52)56)44-31-27-41(28-32-44)39-13-5-2-6-14-39;58-36-37-18-20-40(21-19-37)43-22-28-44(29-23-43)47-34-35-52-55-48(47)16-9-17-51(55)56-53(45-30-24-41(25-31-45)38-10-3-1-4-11-38)49-14-7-8-15-50(49)54(57(52)56)46-32-26-42(27-33-46)39-12-5-2-6-13-39/h2*1-35H. The van der Waals surface area contributed by atoms with E-state index in [0.717, 1.165) is 22.3 Å². The third kappa shape index (κ3) is 11.9. The average Bonchev–Trinajstić information content (AvgIpc) is 1.53. The summed E-state index contributed by atoms with van der Waals surface area (Å²) in [5, 5.41) is 28.7. The normalized spacial score (nSPS) is 11.4. The number of nitrogens with zero attached hydrogens (tertiary/aromatic N) is 2. The highest BCUT2D eigenvalue weighted by Gasteiger charge is 2.34. The molecular weight excluding hydrogens is 1400 g/mol. The van der Waals surface area contributed by atoms with Crippen LogP contribution >= 0.6 is 0 Å². The molecule has 0 bridgehead atoms. The van der Waals surface area contributed by atoms with E-state index in [9.17, 15) is 10.5 Å². The molecule has 20 aromatic rings. The lowest BCUT2D eigenvalue weighted by Gasteiger charge is -2.21. The van der Waals surface area contributed by atoms with Crippen molar-refractivity contribution in [3.8, 4) is 190 Å². The molecule has 0 saturated carbocycles. The van der Waals surface area contributed by atoms with E-state index in [-0.39, 0.29) is 0 Å². The van der Waals surface area contributed by atoms with Crippen LogP contribution in [0.5, 0.6) is 0 Å². The maximum atomic E-state index is 9.38. The first-order chi connectivity index (χ1) is 57.5. The molecule has 0 N–H and O–H groups in total. The monoisotopic (exact) mass is 1470 g/mol. The second-order valence-electron chi connectivity index (χ2n) is 30.2. The molecule has 2 aliphatic carbocycles. The maximum Gasteiger partial charge on any atom is 0.0991 e. The lowest BCUT2D eigenvalue weighted by Crippen LogP contribution is -1.94. The van der Waals surface area contributed by atoms with Gasteiger partial charge in [-0.05, 0) is 251 Å². The van der Waals surface area contributed by atoms with Crippen LogP contribution in [0.4, 0.5) is 0 Å². The van der Waals surface area contributed by atoms with Gasteiger partial charge >= 0.3 is 0 Å². The number of hydrogen-bond acceptors (Lipinski definition) is 2. The Balaban J connectivity index is 0.000000145. The highest BCUT2D eigenvalue weighted by atomic mass is 14.4. The van der Waals surface area contributed by atoms with Crippen molar-refractivity contribution in [2.24, 2.45) is 0 Å². The molecular formula is C114H70N2. The number of nitriles is 2. The third-order valence-electron chi connectivity index (χ3n) is 23.8. The predicted molar refractivity (Wildman–Crippen MR) is 486 cm³/mol. The van der Waals surface area contributed by atoms with Gasteiger partial charge in [-0.15, -0.1) is 0 Å². The average molecular weight is 1470 g/mol. The molecule has 0 spiro atoms. The van der Waals surface area contributed by atoms with Crippen LogP contribution < -0.4 is 0 Å². The van der Waals surface area contributed by atoms with Crippen molar-refractivity contribution in [1.29, 1.82) is 10.5 Å². The van der Waals surface area contributed by atoms with Gasteiger partial charge in [-0.2, -0.15) is 10.5 Å². The van der Waals surface area contributed by atoms with Gasteiger partial charge in [0.2, 0.25) is 0 Å². The predicted octanol–water partition coefficient (Wildman–Crippen LogP) is 31.0. The van der Waals surface area contributed by atoms with Gasteiger partial charge in [-0.1, -0.05) is 394 Å². The van der Waals surface area contributed by atoms with Gasteiger partial charge in [0.05, 0.1) is 23.3 Å². The Hall–Kier alpha value is -15.6. The Bertz CT molecular complexity index is 7050. The lowest BCUT2D eigenvalue weighted by molar-refractivity contribution is 1.48. The molecule has 22 rings (SSSR count). The fourth-order valence-electron chi connectivity index (χ4n) is 18.3. The molecule has 20 aromatic carbocycles. The van der Waals surface area contributed by atoms with Crippen LogP contribution in [0, 0.1) is 22.7 Å². The zero-order valence-electron chi connectivity index (χ0n) is 63.3. The highest BCUT2D eigenvalue weighted by Crippen LogP contribution is 2.61. The van der Waals surface area contributed by atoms with Crippen LogP contribution in [-0.4, -0.2) is 0 Å². The largest absolute Gasteiger partial charge is 0.192 e. The van der Waals surface area contributed by atoms with E-state index in [1.54, 1.807) is 0 Å². The summed E-state index contributed by atoms with van der Waals surface area (Å²) in [6.07, 6.45) is 0. The fraction of sp³-hybridized carbons (Fsp3) is 0. The van der Waals surface area contributed by atoms with Crippen molar-refractivity contribution in [1.82, 2.24) is 0 Å². The zero-order valence-corrected chi connectivity index (χ0v) is 63.3. The molecule has 2 heteroatoms. The Kier molecular flexibility index (Phi) is 17.1. The van der Waals surface area contributed by atoms with Crippen molar-refractivity contribution in [3.63, 3.8) is 0 Å². The van der Waals surface area contributed by atoms with Crippen LogP contribution in [-0.2, 0) is 0 Å². The van der Waals surface area contributed by atoms with Crippen LogP contribution in [0.3, 0.4) is 0 Å². The van der Waals surface area contributed by atoms with Gasteiger partial charge < -0.3 is 0 Å². The smallest absolute Gasteiger partial charge is 0.0991 e. The molecule has 0 fully saturated rings. The van der Waals surface area contributed by atoms with Gasteiger partial charge in [0, 0.05) is 0 Å². The molecule has 0 aromatic heterocycles. The van der Waals surface area contributed by atoms with Crippen LogP contribution in [0.25, 0.3) is 221 Å². The number of rotatable bonds is 12. The maximum absolute atomic E-state index is 9.38. The highest BCUT2D eigenvalue weighted by molar-refractivity contribution is 6.31. The molecule has 2 aliphatic rings. The second-order valence-corrected chi connectivity index (χ2v) is 30.2. The van der Waals surface area contributed by atoms with Gasteiger partial charge in [0.1, 0.15) is 0 Å². The van der Waals surface area contributed by atoms with E-state index >= 15 is 0 Å². The molecule has 536 valence electrons. The van der Waals surface area contributed by atoms with Crippen LogP contribution in [0.15, 0.2) is 425 Å². The minimum absolute atomic E-state index is 0.664. The number of hydrogen-bond donors (Lipinski definition) is 0. The summed E-state index contributed by atoms with van der Waals surface area (Å²) < 4.78 is 0. The fourth-order valence-corrected chi connectivity index (χ4v) is 18.3. The van der Waals surface area contributed by atoms with Crippen LogP contribution in [0.1, 0.15) is 11.1 Å². The Labute approximate surface area is 675 Å². The third-order valence-corrected chi connectivity index (χ3v) is 23.8. The molecule has 0 amide bonds. The van der Waals surface area contributed by atoms with Crippen molar-refractivity contribution in [2.75, 3.05) is 0 Å². The zero-order chi connectivity index (χ0) is 77.2. The summed E-state index contributed by atoms with van der Waals surface area (Å²) in [5.74, 6) is 0. The summed E-state index contributed by atoms with van der Waals surface area (Å²) in [7, 11) is 0. The summed E-state index contributed by atoms with van der Waals surface area (Å²) in [4.78, 5) is 0. The molecule has 2 nitrogen and oxygen atoms in total. The topological polar surface area (TPSA) is 47.6 Å². The Morgan fingerprint density at radius 1 is 0.129 bits per heavy atom. The first-order valence-electron chi connectivity index (χ1n) is 39.6. The van der Waals surface area contributed by atoms with Gasteiger partial charge in [-0.25, -0.2) is 0 Å². The summed E-state index contributed by atoms with van der Waals surface area (Å²) in [5.41, 5.74) is 40.4. The minimum atomic E-state index is 0.664. The van der Waals surface area contributed by atoms with Crippen molar-refractivity contribution >= 4 is 43.1 Å². The van der Waals surface area contributed by atoms with Gasteiger partial charge in [0.15, 0.2) is 0 Å². The second kappa shape index (κ2) is 28.9. The number of fused-ring (bicyclic) bond motifs is 8. The van der Waals surface area contributed by atoms with E-state index in [0.29, 0.717) is 11.1 Å². The molecule has 0 heterocycles. The molecule has 0 atom stereocenters. The summed E-state index contributed by atoms with van der Waals surface area (Å²) in [6.45, 7) is 0. The lowest BCUT2D eigenvalue weighted by atomic mass is 9.82. The van der Waals surface area contributed by atoms with Gasteiger partial charge in [0.25, 0.3) is 0 Å². The van der Waals surface area contributed by atoms with Crippen molar-refractivity contribution in [3.05, 3.63) is 436 Å². The first kappa shape index (κ1) is 68.4. The van der Waals surface area contributed by atoms with Crippen molar-refractivity contribution in [2.45, 2.75) is 0 Å². The summed E-state index contributed by atoms with van der Waals surface area (Å²) >= 11 is 0.